The molecule has 0 aliphatic rings. The topological polar surface area (TPSA) is 68.8 Å². The molecule has 0 radical (unpaired) electrons. The Morgan fingerprint density at radius 1 is 1.30 bits per heavy atom. The van der Waals surface area contributed by atoms with Crippen molar-refractivity contribution in [3.63, 3.8) is 0 Å². The molecule has 0 saturated heterocycles. The molecule has 6 heteroatoms. The van der Waals surface area contributed by atoms with Crippen molar-refractivity contribution in [2.24, 2.45) is 0 Å². The highest BCUT2D eigenvalue weighted by Gasteiger charge is 2.16. The van der Waals surface area contributed by atoms with E-state index in [1.165, 1.54) is 5.56 Å². The van der Waals surface area contributed by atoms with Gasteiger partial charge in [0.05, 0.1) is 18.8 Å². The van der Waals surface area contributed by atoms with E-state index in [1.54, 1.807) is 0 Å². The first-order valence-electron chi connectivity index (χ1n) is 7.04. The molecule has 0 fully saturated rings. The Morgan fingerprint density at radius 2 is 2.05 bits per heavy atom. The lowest BCUT2D eigenvalue weighted by molar-refractivity contribution is 0.323. The van der Waals surface area contributed by atoms with Crippen molar-refractivity contribution < 1.29 is 4.52 Å². The van der Waals surface area contributed by atoms with Crippen LogP contribution in [-0.4, -0.2) is 26.0 Å². The normalized spacial score (nSPS) is 14.7. The van der Waals surface area contributed by atoms with Crippen molar-refractivity contribution in [2.75, 3.05) is 0 Å². The van der Waals surface area contributed by atoms with Gasteiger partial charge < -0.3 is 9.84 Å². The summed E-state index contributed by atoms with van der Waals surface area (Å²) in [4.78, 5) is 4.36. The van der Waals surface area contributed by atoms with Crippen molar-refractivity contribution in [3.05, 3.63) is 29.7 Å². The molecule has 0 unspecified atom stereocenters. The summed E-state index contributed by atoms with van der Waals surface area (Å²) in [5, 5.41) is 11.7. The third-order valence-electron chi connectivity index (χ3n) is 3.45. The predicted octanol–water partition coefficient (Wildman–Crippen LogP) is 2.44. The number of aryl methyl sites for hydroxylation is 1. The van der Waals surface area contributed by atoms with Crippen LogP contribution in [0.1, 0.15) is 56.9 Å². The summed E-state index contributed by atoms with van der Waals surface area (Å²) in [7, 11) is 0. The zero-order valence-electron chi connectivity index (χ0n) is 12.8. The van der Waals surface area contributed by atoms with Crippen LogP contribution in [0.4, 0.5) is 0 Å². The fraction of sp³-hybridized carbons (Fsp3) is 0.643. The highest BCUT2D eigenvalue weighted by atomic mass is 16.5. The molecule has 110 valence electrons. The van der Waals surface area contributed by atoms with Crippen molar-refractivity contribution in [2.45, 2.75) is 59.2 Å². The van der Waals surface area contributed by atoms with E-state index in [9.17, 15) is 0 Å². The number of nitrogens with zero attached hydrogens (tertiary/aromatic N) is 4. The van der Waals surface area contributed by atoms with Gasteiger partial charge in [-0.25, -0.2) is 0 Å². The van der Waals surface area contributed by atoms with Crippen LogP contribution < -0.4 is 5.32 Å². The van der Waals surface area contributed by atoms with Gasteiger partial charge in [-0.15, -0.1) is 0 Å². The van der Waals surface area contributed by atoms with E-state index in [0.29, 0.717) is 12.4 Å². The molecule has 2 aromatic heterocycles. The van der Waals surface area contributed by atoms with Gasteiger partial charge in [0.1, 0.15) is 0 Å². The minimum Gasteiger partial charge on any atom is -0.338 e. The second kappa shape index (κ2) is 6.17. The molecule has 2 atom stereocenters. The van der Waals surface area contributed by atoms with E-state index < -0.39 is 0 Å². The molecule has 2 aromatic rings. The Balaban J connectivity index is 1.89. The molecule has 0 aliphatic carbocycles. The third kappa shape index (κ3) is 3.45. The van der Waals surface area contributed by atoms with Gasteiger partial charge in [-0.2, -0.15) is 10.1 Å². The Kier molecular flexibility index (Phi) is 4.54. The maximum absolute atomic E-state index is 5.22. The van der Waals surface area contributed by atoms with E-state index in [0.717, 1.165) is 5.82 Å². The van der Waals surface area contributed by atoms with Gasteiger partial charge in [-0.1, -0.05) is 19.0 Å². The summed E-state index contributed by atoms with van der Waals surface area (Å²) in [5.74, 6) is 1.67. The van der Waals surface area contributed by atoms with Crippen LogP contribution in [0, 0.1) is 6.92 Å². The van der Waals surface area contributed by atoms with Crippen molar-refractivity contribution in [1.29, 1.82) is 0 Å². The van der Waals surface area contributed by atoms with Crippen LogP contribution in [-0.2, 0) is 6.54 Å². The van der Waals surface area contributed by atoms with E-state index in [-0.39, 0.29) is 18.0 Å². The minimum absolute atomic E-state index is 0.253. The van der Waals surface area contributed by atoms with Crippen LogP contribution in [0.3, 0.4) is 0 Å². The maximum Gasteiger partial charge on any atom is 0.240 e. The van der Waals surface area contributed by atoms with Gasteiger partial charge in [0.25, 0.3) is 0 Å². The molecule has 0 amide bonds. The lowest BCUT2D eigenvalue weighted by Crippen LogP contribution is -2.33. The summed E-state index contributed by atoms with van der Waals surface area (Å²) in [6.45, 7) is 11.0. The molecule has 0 saturated carbocycles. The van der Waals surface area contributed by atoms with Crippen LogP contribution >= 0.6 is 0 Å². The highest BCUT2D eigenvalue weighted by molar-refractivity contribution is 5.01. The zero-order valence-corrected chi connectivity index (χ0v) is 12.8. The Bertz CT molecular complexity index is 545. The smallest absolute Gasteiger partial charge is 0.240 e. The largest absolute Gasteiger partial charge is 0.338 e. The lowest BCUT2D eigenvalue weighted by atomic mass is 10.2. The maximum atomic E-state index is 5.22. The van der Waals surface area contributed by atoms with Crippen LogP contribution in [0.25, 0.3) is 0 Å². The average molecular weight is 277 g/mol. The fourth-order valence-electron chi connectivity index (χ4n) is 1.88. The number of rotatable bonds is 6. The zero-order chi connectivity index (χ0) is 14.7. The number of aromatic nitrogens is 4. The monoisotopic (exact) mass is 277 g/mol. The van der Waals surface area contributed by atoms with Crippen molar-refractivity contribution in [3.8, 4) is 0 Å². The van der Waals surface area contributed by atoms with Crippen LogP contribution in [0.2, 0.25) is 0 Å². The molecule has 20 heavy (non-hydrogen) atoms. The summed E-state index contributed by atoms with van der Waals surface area (Å²) >= 11 is 0. The average Bonchev–Trinajstić information content (AvgIpc) is 3.03. The fourth-order valence-corrected chi connectivity index (χ4v) is 1.88. The summed E-state index contributed by atoms with van der Waals surface area (Å²) in [5.41, 5.74) is 1.17. The van der Waals surface area contributed by atoms with E-state index in [4.69, 9.17) is 4.52 Å². The molecule has 0 aliphatic heterocycles. The first-order valence-corrected chi connectivity index (χ1v) is 7.04. The number of nitrogens with one attached hydrogen (secondary N) is 1. The minimum atomic E-state index is 0.253. The molecular weight excluding hydrogens is 254 g/mol. The molecule has 1 N–H and O–H groups in total. The number of hydrogen-bond donors (Lipinski definition) is 1. The van der Waals surface area contributed by atoms with Gasteiger partial charge in [-0.3, -0.25) is 4.68 Å². The van der Waals surface area contributed by atoms with Gasteiger partial charge in [-0.05, 0) is 26.3 Å². The van der Waals surface area contributed by atoms with Crippen LogP contribution in [0.5, 0.6) is 0 Å². The van der Waals surface area contributed by atoms with Crippen molar-refractivity contribution in [1.82, 2.24) is 25.2 Å². The molecule has 0 bridgehead atoms. The quantitative estimate of drug-likeness (QED) is 0.878. The second-order valence-electron chi connectivity index (χ2n) is 5.61. The van der Waals surface area contributed by atoms with Crippen molar-refractivity contribution >= 4 is 0 Å². The van der Waals surface area contributed by atoms with Gasteiger partial charge in [0.15, 0.2) is 5.82 Å². The lowest BCUT2D eigenvalue weighted by Gasteiger charge is -2.20. The molecule has 2 heterocycles. The van der Waals surface area contributed by atoms with Gasteiger partial charge in [0.2, 0.25) is 5.89 Å². The van der Waals surface area contributed by atoms with Gasteiger partial charge in [0, 0.05) is 18.2 Å². The first-order chi connectivity index (χ1) is 9.47. The van der Waals surface area contributed by atoms with E-state index >= 15 is 0 Å². The highest BCUT2D eigenvalue weighted by Crippen LogP contribution is 2.12. The molecular formula is C14H23N5O. The molecule has 6 nitrogen and oxygen atoms in total. The molecule has 0 spiro atoms. The number of hydrogen-bond acceptors (Lipinski definition) is 5. The summed E-state index contributed by atoms with van der Waals surface area (Å²) in [6.07, 6.45) is 3.92. The third-order valence-corrected chi connectivity index (χ3v) is 3.45. The molecule has 2 rings (SSSR count). The van der Waals surface area contributed by atoms with Gasteiger partial charge >= 0.3 is 0 Å². The first kappa shape index (κ1) is 14.7. The predicted molar refractivity (Wildman–Crippen MR) is 76.4 cm³/mol. The Morgan fingerprint density at radius 3 is 2.60 bits per heavy atom. The second-order valence-corrected chi connectivity index (χ2v) is 5.61. The Hall–Kier alpha value is -1.69. The SMILES string of the molecule is Cc1cnn([C@H](C)[C@@H](C)NCc2nc(C(C)C)no2)c1. The summed E-state index contributed by atoms with van der Waals surface area (Å²) in [6, 6.07) is 0.514. The van der Waals surface area contributed by atoms with Crippen LogP contribution in [0.15, 0.2) is 16.9 Å². The standard InChI is InChI=1S/C14H23N5O/c1-9(2)14-17-13(20-18-14)7-15-11(4)12(5)19-8-10(3)6-16-19/h6,8-9,11-12,15H,7H2,1-5H3/t11-,12-/m1/s1. The van der Waals surface area contributed by atoms with E-state index in [1.807, 2.05) is 37.8 Å². The molecule has 0 aromatic carbocycles. The Labute approximate surface area is 119 Å². The summed E-state index contributed by atoms with van der Waals surface area (Å²) < 4.78 is 7.19. The van der Waals surface area contributed by atoms with E-state index in [2.05, 4.69) is 34.4 Å².